The monoisotopic (exact) mass is 209 g/mol. The first kappa shape index (κ1) is 10.5. The van der Waals surface area contributed by atoms with Crippen molar-refractivity contribution in [3.63, 3.8) is 0 Å². The van der Waals surface area contributed by atoms with E-state index < -0.39 is 0 Å². The number of nitrogens with one attached hydrogen (secondary N) is 2. The van der Waals surface area contributed by atoms with E-state index in [1.165, 1.54) is 12.8 Å². The zero-order valence-electron chi connectivity index (χ0n) is 9.42. The van der Waals surface area contributed by atoms with E-state index in [9.17, 15) is 4.79 Å². The lowest BCUT2D eigenvalue weighted by molar-refractivity contribution is -0.121. The van der Waals surface area contributed by atoms with Crippen LogP contribution in [0.4, 0.5) is 0 Å². The van der Waals surface area contributed by atoms with E-state index in [-0.39, 0.29) is 11.9 Å². The molecule has 0 aromatic rings. The summed E-state index contributed by atoms with van der Waals surface area (Å²) in [5.74, 6) is 1.20. The van der Waals surface area contributed by atoms with Gasteiger partial charge in [-0.15, -0.1) is 0 Å². The van der Waals surface area contributed by atoms with E-state index in [1.54, 1.807) is 0 Å². The minimum Gasteiger partial charge on any atom is -0.354 e. The molecule has 1 saturated carbocycles. The molecule has 1 heterocycles. The van der Waals surface area contributed by atoms with Crippen LogP contribution in [0.2, 0.25) is 0 Å². The maximum atomic E-state index is 11.7. The third-order valence-corrected chi connectivity index (χ3v) is 3.05. The standard InChI is InChI=1S/C11H19N3O/c1-7(2)12-11-13-9(10(15)14-11)8-5-3-4-6-8/h7-9H,3-6H2,1-2H3,(H2,12,13,14,15). The Labute approximate surface area is 90.5 Å². The minimum absolute atomic E-state index is 0.0741. The van der Waals surface area contributed by atoms with Gasteiger partial charge < -0.3 is 5.32 Å². The Bertz CT molecular complexity index is 280. The Hall–Kier alpha value is -1.06. The highest BCUT2D eigenvalue weighted by Gasteiger charge is 2.35. The molecular formula is C11H19N3O. The first-order valence-electron chi connectivity index (χ1n) is 5.82. The van der Waals surface area contributed by atoms with Gasteiger partial charge in [-0.1, -0.05) is 12.8 Å². The summed E-state index contributed by atoms with van der Waals surface area (Å²) >= 11 is 0. The number of aliphatic imine (C=N–C) groups is 1. The van der Waals surface area contributed by atoms with Crippen molar-refractivity contribution in [2.75, 3.05) is 0 Å². The van der Waals surface area contributed by atoms with Gasteiger partial charge in [0.1, 0.15) is 6.04 Å². The van der Waals surface area contributed by atoms with Crippen LogP contribution in [0.25, 0.3) is 0 Å². The summed E-state index contributed by atoms with van der Waals surface area (Å²) in [5.41, 5.74) is 0. The molecule has 84 valence electrons. The van der Waals surface area contributed by atoms with Gasteiger partial charge in [-0.05, 0) is 32.6 Å². The maximum Gasteiger partial charge on any atom is 0.251 e. The van der Waals surface area contributed by atoms with E-state index in [1.807, 2.05) is 13.8 Å². The molecule has 1 atom stereocenters. The highest BCUT2D eigenvalue weighted by atomic mass is 16.2. The fraction of sp³-hybridized carbons (Fsp3) is 0.818. The largest absolute Gasteiger partial charge is 0.354 e. The fourth-order valence-electron chi connectivity index (χ4n) is 2.36. The number of hydrogen-bond donors (Lipinski definition) is 2. The van der Waals surface area contributed by atoms with E-state index in [0.29, 0.717) is 17.9 Å². The van der Waals surface area contributed by atoms with Gasteiger partial charge in [0.05, 0.1) is 0 Å². The number of carbonyl (C=O) groups excluding carboxylic acids is 1. The molecule has 1 aliphatic carbocycles. The second-order valence-electron chi connectivity index (χ2n) is 4.76. The Morgan fingerprint density at radius 1 is 1.40 bits per heavy atom. The van der Waals surface area contributed by atoms with Crippen molar-refractivity contribution >= 4 is 11.9 Å². The van der Waals surface area contributed by atoms with Crippen LogP contribution in [0.1, 0.15) is 39.5 Å². The van der Waals surface area contributed by atoms with Crippen molar-refractivity contribution < 1.29 is 4.79 Å². The maximum absolute atomic E-state index is 11.7. The molecule has 0 aromatic carbocycles. The normalized spacial score (nSPS) is 27.0. The summed E-state index contributed by atoms with van der Waals surface area (Å²) in [6, 6.07) is 0.181. The van der Waals surface area contributed by atoms with E-state index in [4.69, 9.17) is 0 Å². The molecule has 1 fully saturated rings. The van der Waals surface area contributed by atoms with Crippen LogP contribution < -0.4 is 10.6 Å². The second kappa shape index (κ2) is 4.21. The number of amides is 1. The number of nitrogens with zero attached hydrogens (tertiary/aromatic N) is 1. The molecule has 15 heavy (non-hydrogen) atoms. The molecule has 1 aliphatic heterocycles. The van der Waals surface area contributed by atoms with Crippen LogP contribution in [0.15, 0.2) is 4.99 Å². The summed E-state index contributed by atoms with van der Waals surface area (Å²) in [4.78, 5) is 16.1. The average molecular weight is 209 g/mol. The van der Waals surface area contributed by atoms with E-state index in [0.717, 1.165) is 12.8 Å². The molecule has 0 saturated heterocycles. The fourth-order valence-corrected chi connectivity index (χ4v) is 2.36. The van der Waals surface area contributed by atoms with Crippen molar-refractivity contribution in [2.45, 2.75) is 51.6 Å². The molecule has 2 N–H and O–H groups in total. The third kappa shape index (κ3) is 2.30. The molecule has 4 heteroatoms. The molecule has 2 rings (SSSR count). The molecule has 1 amide bonds. The Balaban J connectivity index is 1.99. The van der Waals surface area contributed by atoms with Crippen molar-refractivity contribution in [2.24, 2.45) is 10.9 Å². The van der Waals surface area contributed by atoms with E-state index in [2.05, 4.69) is 15.6 Å². The van der Waals surface area contributed by atoms with Crippen LogP contribution in [0, 0.1) is 5.92 Å². The van der Waals surface area contributed by atoms with Crippen molar-refractivity contribution in [3.05, 3.63) is 0 Å². The van der Waals surface area contributed by atoms with Gasteiger partial charge in [0.2, 0.25) is 0 Å². The van der Waals surface area contributed by atoms with Gasteiger partial charge in [-0.25, -0.2) is 4.99 Å². The average Bonchev–Trinajstić information content (AvgIpc) is 2.72. The van der Waals surface area contributed by atoms with Crippen molar-refractivity contribution in [1.29, 1.82) is 0 Å². The summed E-state index contributed by atoms with van der Waals surface area (Å²) in [6.45, 7) is 4.08. The highest BCUT2D eigenvalue weighted by Crippen LogP contribution is 2.30. The van der Waals surface area contributed by atoms with Crippen LogP contribution in [0.3, 0.4) is 0 Å². The number of rotatable bonds is 2. The molecule has 2 aliphatic rings. The molecule has 0 radical (unpaired) electrons. The minimum atomic E-state index is -0.131. The Morgan fingerprint density at radius 3 is 2.67 bits per heavy atom. The van der Waals surface area contributed by atoms with Crippen LogP contribution in [-0.2, 0) is 4.79 Å². The Morgan fingerprint density at radius 2 is 2.07 bits per heavy atom. The first-order valence-corrected chi connectivity index (χ1v) is 5.82. The van der Waals surface area contributed by atoms with Gasteiger partial charge in [-0.2, -0.15) is 0 Å². The smallest absolute Gasteiger partial charge is 0.251 e. The lowest BCUT2D eigenvalue weighted by atomic mass is 9.99. The van der Waals surface area contributed by atoms with Gasteiger partial charge >= 0.3 is 0 Å². The molecule has 0 spiro atoms. The van der Waals surface area contributed by atoms with Crippen LogP contribution >= 0.6 is 0 Å². The summed E-state index contributed by atoms with van der Waals surface area (Å²) < 4.78 is 0. The summed E-state index contributed by atoms with van der Waals surface area (Å²) in [7, 11) is 0. The molecule has 0 bridgehead atoms. The number of hydrogen-bond acceptors (Lipinski definition) is 3. The summed E-state index contributed by atoms with van der Waals surface area (Å²) in [6.07, 6.45) is 4.79. The predicted molar refractivity (Wildman–Crippen MR) is 59.6 cm³/mol. The first-order chi connectivity index (χ1) is 7.16. The molecular weight excluding hydrogens is 190 g/mol. The second-order valence-corrected chi connectivity index (χ2v) is 4.76. The van der Waals surface area contributed by atoms with Gasteiger partial charge in [0.15, 0.2) is 5.96 Å². The van der Waals surface area contributed by atoms with Gasteiger partial charge in [-0.3, -0.25) is 10.1 Å². The SMILES string of the molecule is CC(C)NC1=NC(C2CCCC2)C(=O)N1. The van der Waals surface area contributed by atoms with Gasteiger partial charge in [0, 0.05) is 6.04 Å². The predicted octanol–water partition coefficient (Wildman–Crippen LogP) is 1.03. The highest BCUT2D eigenvalue weighted by molar-refractivity contribution is 6.05. The number of guanidine groups is 1. The Kier molecular flexibility index (Phi) is 2.93. The van der Waals surface area contributed by atoms with Crippen molar-refractivity contribution in [1.82, 2.24) is 10.6 Å². The van der Waals surface area contributed by atoms with Crippen LogP contribution in [0.5, 0.6) is 0 Å². The molecule has 4 nitrogen and oxygen atoms in total. The van der Waals surface area contributed by atoms with Crippen molar-refractivity contribution in [3.8, 4) is 0 Å². The topological polar surface area (TPSA) is 53.5 Å². The quantitative estimate of drug-likeness (QED) is 0.713. The lowest BCUT2D eigenvalue weighted by Gasteiger charge is -2.11. The zero-order chi connectivity index (χ0) is 10.8. The summed E-state index contributed by atoms with van der Waals surface area (Å²) in [5, 5.41) is 5.96. The van der Waals surface area contributed by atoms with Gasteiger partial charge in [0.25, 0.3) is 5.91 Å². The number of carbonyl (C=O) groups is 1. The van der Waals surface area contributed by atoms with Crippen LogP contribution in [-0.4, -0.2) is 24.0 Å². The molecule has 1 unspecified atom stereocenters. The zero-order valence-corrected chi connectivity index (χ0v) is 9.42. The third-order valence-electron chi connectivity index (χ3n) is 3.05. The molecule has 0 aromatic heterocycles. The lowest BCUT2D eigenvalue weighted by Crippen LogP contribution is -2.41. The van der Waals surface area contributed by atoms with E-state index >= 15 is 0 Å².